The third kappa shape index (κ3) is 9.58. The molecule has 43 heavy (non-hydrogen) atoms. The highest BCUT2D eigenvalue weighted by Crippen LogP contribution is 2.39. The minimum absolute atomic E-state index is 0.180. The maximum Gasteiger partial charge on any atom is 0.231 e. The summed E-state index contributed by atoms with van der Waals surface area (Å²) >= 11 is 12.8. The largest absolute Gasteiger partial charge is 0.477 e. The summed E-state index contributed by atoms with van der Waals surface area (Å²) in [7, 11) is 0. The predicted molar refractivity (Wildman–Crippen MR) is 171 cm³/mol. The minimum atomic E-state index is 0.180. The van der Waals surface area contributed by atoms with Crippen LogP contribution in [0.25, 0.3) is 22.4 Å². The van der Waals surface area contributed by atoms with Crippen molar-refractivity contribution in [2.75, 3.05) is 6.61 Å². The van der Waals surface area contributed by atoms with Crippen molar-refractivity contribution in [1.29, 1.82) is 0 Å². The number of hydrogen-bond acceptors (Lipinski definition) is 4. The van der Waals surface area contributed by atoms with Crippen molar-refractivity contribution in [3.8, 4) is 136 Å². The van der Waals surface area contributed by atoms with E-state index in [0.29, 0.717) is 17.2 Å². The van der Waals surface area contributed by atoms with Crippen LogP contribution in [0.4, 0.5) is 0 Å². The normalized spacial score (nSPS) is 8.40. The van der Waals surface area contributed by atoms with Gasteiger partial charge in [0.1, 0.15) is 18.8 Å². The van der Waals surface area contributed by atoms with Gasteiger partial charge >= 0.3 is 0 Å². The Kier molecular flexibility index (Phi) is 13.0. The van der Waals surface area contributed by atoms with Gasteiger partial charge < -0.3 is 14.2 Å². The first-order valence-corrected chi connectivity index (χ1v) is 13.4. The summed E-state index contributed by atoms with van der Waals surface area (Å²) < 4.78 is 16.8. The molecule has 0 aliphatic carbocycles. The fourth-order valence-corrected chi connectivity index (χ4v) is 3.97. The molecule has 0 unspecified atom stereocenters. The van der Waals surface area contributed by atoms with Crippen LogP contribution < -0.4 is 14.2 Å². The molecule has 0 amide bonds. The van der Waals surface area contributed by atoms with E-state index in [2.05, 4.69) is 88.2 Å². The zero-order valence-corrected chi connectivity index (χ0v) is 24.3. The first-order chi connectivity index (χ1) is 21.1. The van der Waals surface area contributed by atoms with Gasteiger partial charge in [0.25, 0.3) is 0 Å². The van der Waals surface area contributed by atoms with E-state index in [1.807, 2.05) is 24.3 Å². The van der Waals surface area contributed by atoms with Crippen LogP contribution in [0.5, 0.6) is 17.4 Å². The van der Waals surface area contributed by atoms with E-state index in [0.717, 1.165) is 27.8 Å². The van der Waals surface area contributed by atoms with Crippen LogP contribution in [0.15, 0.2) is 48.5 Å². The van der Waals surface area contributed by atoms with E-state index in [1.54, 1.807) is 31.2 Å². The molecule has 0 radical (unpaired) electrons. The van der Waals surface area contributed by atoms with Crippen molar-refractivity contribution in [2.45, 2.75) is 18.7 Å². The number of hydrogen-bond donors (Lipinski definition) is 0. The number of rotatable bonds is 8. The fourth-order valence-electron chi connectivity index (χ4n) is 3.53. The molecule has 0 fully saturated rings. The lowest BCUT2D eigenvalue weighted by atomic mass is 9.92. The Balaban J connectivity index is 2.02. The van der Waals surface area contributed by atoms with E-state index in [4.69, 9.17) is 50.3 Å². The van der Waals surface area contributed by atoms with E-state index in [1.165, 1.54) is 0 Å². The molecule has 1 heterocycles. The highest BCUT2D eigenvalue weighted by atomic mass is 35.5. The molecular weight excluding hydrogens is 577 g/mol. The molecule has 2 aromatic carbocycles. The average Bonchev–Trinajstić information content (AvgIpc) is 3.04. The topological polar surface area (TPSA) is 40.6 Å². The Bertz CT molecular complexity index is 1980. The van der Waals surface area contributed by atoms with Crippen molar-refractivity contribution in [1.82, 2.24) is 4.98 Å². The second kappa shape index (κ2) is 17.7. The number of alkyl halides is 2. The van der Waals surface area contributed by atoms with Crippen molar-refractivity contribution < 1.29 is 14.2 Å². The average molecular weight is 596 g/mol. The number of pyridine rings is 1. The Morgan fingerprint density at radius 2 is 1.47 bits per heavy atom. The zero-order valence-electron chi connectivity index (χ0n) is 22.8. The van der Waals surface area contributed by atoms with Crippen molar-refractivity contribution >= 4 is 23.2 Å². The lowest BCUT2D eigenvalue weighted by Gasteiger charge is -2.17. The number of aromatic nitrogens is 1. The van der Waals surface area contributed by atoms with Gasteiger partial charge in [-0.2, -0.15) is 0 Å². The van der Waals surface area contributed by atoms with E-state index < -0.39 is 0 Å². The highest BCUT2D eigenvalue weighted by molar-refractivity contribution is 6.18. The van der Waals surface area contributed by atoms with Gasteiger partial charge in [-0.1, -0.05) is 18.1 Å². The van der Waals surface area contributed by atoms with Gasteiger partial charge in [0, 0.05) is 53.0 Å². The molecule has 1 aromatic heterocycles. The van der Waals surface area contributed by atoms with Crippen LogP contribution in [-0.2, 0) is 11.8 Å². The Morgan fingerprint density at radius 1 is 0.744 bits per heavy atom. The third-order valence-electron chi connectivity index (χ3n) is 5.27. The lowest BCUT2D eigenvalue weighted by Crippen LogP contribution is -1.99. The van der Waals surface area contributed by atoms with Crippen LogP contribution in [0.1, 0.15) is 18.1 Å². The monoisotopic (exact) mass is 595 g/mol. The minimum Gasteiger partial charge on any atom is -0.477 e. The summed E-state index contributed by atoms with van der Waals surface area (Å²) in [6, 6.07) is 14.7. The summed E-state index contributed by atoms with van der Waals surface area (Å²) in [5.74, 6) is 31.4. The van der Waals surface area contributed by atoms with Gasteiger partial charge in [0.15, 0.2) is 11.5 Å². The summed E-state index contributed by atoms with van der Waals surface area (Å²) in [6.45, 7) is 1.92. The zero-order chi connectivity index (χ0) is 30.7. The molecule has 6 heteroatoms. The fraction of sp³-hybridized carbons (Fsp3) is 0.108. The smallest absolute Gasteiger partial charge is 0.231 e. The van der Waals surface area contributed by atoms with Crippen molar-refractivity contribution in [3.63, 3.8) is 0 Å². The van der Waals surface area contributed by atoms with Crippen molar-refractivity contribution in [3.05, 3.63) is 59.7 Å². The van der Waals surface area contributed by atoms with Crippen LogP contribution in [0.2, 0.25) is 0 Å². The predicted octanol–water partition coefficient (Wildman–Crippen LogP) is 6.25. The highest BCUT2D eigenvalue weighted by Gasteiger charge is 2.17. The summed E-state index contributed by atoms with van der Waals surface area (Å²) in [4.78, 5) is 4.62. The first kappa shape index (κ1) is 31.6. The van der Waals surface area contributed by atoms with Gasteiger partial charge in [-0.3, -0.25) is 0 Å². The molecule has 204 valence electrons. The molecule has 0 spiro atoms. The standard InChI is InChI=1S/C37H19Cl2NO3/c1-4-7-10-11-12-13-14-15-23-43-37-18-16-17-34(40-37)32-25-29(27-38)24-31(33(32)28-39)30-19-20-35(41-21-8-5-2)36(26-30)42-22-9-6-3/h1,3,16-20,24-26H,21,27-28H2,2H3. The third-order valence-corrected chi connectivity index (χ3v) is 5.84. The Morgan fingerprint density at radius 3 is 2.19 bits per heavy atom. The lowest BCUT2D eigenvalue weighted by molar-refractivity contribution is 0.350. The molecule has 3 aromatic rings. The van der Waals surface area contributed by atoms with Crippen LogP contribution in [-0.4, -0.2) is 11.6 Å². The molecule has 4 nitrogen and oxygen atoms in total. The second-order valence-corrected chi connectivity index (χ2v) is 8.41. The van der Waals surface area contributed by atoms with Crippen LogP contribution >= 0.6 is 23.2 Å². The van der Waals surface area contributed by atoms with Gasteiger partial charge in [0.05, 0.1) is 5.69 Å². The van der Waals surface area contributed by atoms with Crippen LogP contribution in [0.3, 0.4) is 0 Å². The molecule has 0 bridgehead atoms. The molecular formula is C37H19Cl2NO3. The number of benzene rings is 2. The summed E-state index contributed by atoms with van der Waals surface area (Å²) in [5.41, 5.74) is 4.67. The molecule has 0 saturated heterocycles. The SMILES string of the molecule is C#CC#CC#CC#CC#COc1cccc(-c2cc(CCl)cc(-c3ccc(OCC#CC)c(OC#CC#C)c3)c2CCl)n1. The summed E-state index contributed by atoms with van der Waals surface area (Å²) in [5, 5.41) is 0. The maximum absolute atomic E-state index is 6.53. The molecule has 0 saturated carbocycles. The molecule has 3 rings (SSSR count). The number of terminal acetylenes is 2. The number of nitrogens with zero attached hydrogens (tertiary/aromatic N) is 1. The van der Waals surface area contributed by atoms with Gasteiger partial charge in [-0.25, -0.2) is 4.98 Å². The van der Waals surface area contributed by atoms with Gasteiger partial charge in [-0.05, 0) is 89.1 Å². The Labute approximate surface area is 262 Å². The number of halogens is 2. The van der Waals surface area contributed by atoms with Crippen LogP contribution in [0, 0.1) is 96.1 Å². The second-order valence-electron chi connectivity index (χ2n) is 7.87. The first-order valence-electron chi connectivity index (χ1n) is 12.3. The number of ether oxygens (including phenoxy) is 3. The van der Waals surface area contributed by atoms with E-state index in [-0.39, 0.29) is 24.2 Å². The van der Waals surface area contributed by atoms with Crippen molar-refractivity contribution in [2.24, 2.45) is 0 Å². The Hall–Kier alpha value is -5.95. The summed E-state index contributed by atoms with van der Waals surface area (Å²) in [6.07, 6.45) is 15.2. The molecule has 0 aliphatic heterocycles. The maximum atomic E-state index is 6.53. The quantitative estimate of drug-likeness (QED) is 0.228. The van der Waals surface area contributed by atoms with Gasteiger partial charge in [-0.15, -0.1) is 42.0 Å². The molecule has 0 aliphatic rings. The van der Waals surface area contributed by atoms with E-state index in [9.17, 15) is 0 Å². The van der Waals surface area contributed by atoms with E-state index >= 15 is 0 Å². The molecule has 0 atom stereocenters. The molecule has 0 N–H and O–H groups in total. The van der Waals surface area contributed by atoms with Gasteiger partial charge in [0.2, 0.25) is 5.88 Å².